The van der Waals surface area contributed by atoms with Crippen molar-refractivity contribution in [3.05, 3.63) is 59.7 Å². The minimum Gasteiger partial charge on any atom is -0.525 e. The molecule has 0 saturated heterocycles. The molecule has 2 aromatic rings. The van der Waals surface area contributed by atoms with Crippen molar-refractivity contribution in [3.8, 4) is 0 Å². The molecule has 2 aromatic carbocycles. The minimum atomic E-state index is -0.620. The number of unbranched alkanes of at least 4 members (excludes halogenated alkanes) is 1. The molecule has 132 valence electrons. The van der Waals surface area contributed by atoms with Crippen molar-refractivity contribution in [3.63, 3.8) is 0 Å². The Balaban J connectivity index is 2.18. The van der Waals surface area contributed by atoms with Crippen LogP contribution >= 0.6 is 0 Å². The summed E-state index contributed by atoms with van der Waals surface area (Å²) in [4.78, 5) is 12.4. The van der Waals surface area contributed by atoms with Gasteiger partial charge in [-0.3, -0.25) is 4.79 Å². The van der Waals surface area contributed by atoms with Gasteiger partial charge in [-0.25, -0.2) is 0 Å². The lowest BCUT2D eigenvalue weighted by molar-refractivity contribution is -0.136. The number of hydrogen-bond donors (Lipinski definition) is 2. The van der Waals surface area contributed by atoms with Gasteiger partial charge in [0.05, 0.1) is 0 Å². The zero-order valence-electron chi connectivity index (χ0n) is 15.1. The predicted molar refractivity (Wildman–Crippen MR) is 104 cm³/mol. The van der Waals surface area contributed by atoms with Gasteiger partial charge in [-0.05, 0) is 44.2 Å². The summed E-state index contributed by atoms with van der Waals surface area (Å²) in [6, 6.07) is 15.4. The number of carbonyl (C=O) groups is 1. The molecule has 0 aromatic heterocycles. The summed E-state index contributed by atoms with van der Waals surface area (Å²) in [6.45, 7) is 4.22. The van der Waals surface area contributed by atoms with Crippen LogP contribution in [0.25, 0.3) is 0 Å². The maximum Gasteiger partial charge on any atom is 0.429 e. The minimum absolute atomic E-state index is 0.372. The fourth-order valence-corrected chi connectivity index (χ4v) is 2.64. The van der Waals surface area contributed by atoms with Crippen molar-refractivity contribution in [1.82, 2.24) is 0 Å². The van der Waals surface area contributed by atoms with Crippen LogP contribution in [0.3, 0.4) is 0 Å². The Morgan fingerprint density at radius 2 is 1.44 bits per heavy atom. The summed E-state index contributed by atoms with van der Waals surface area (Å²) in [7, 11) is 0. The highest BCUT2D eigenvalue weighted by Crippen LogP contribution is 2.04. The summed E-state index contributed by atoms with van der Waals surface area (Å²) >= 11 is 0. The summed E-state index contributed by atoms with van der Waals surface area (Å²) in [5, 5.41) is 0. The Morgan fingerprint density at radius 1 is 0.960 bits per heavy atom. The van der Waals surface area contributed by atoms with Crippen molar-refractivity contribution >= 4 is 23.8 Å². The number of nitrogens with two attached hydrogens (primary N) is 2. The smallest absolute Gasteiger partial charge is 0.429 e. The van der Waals surface area contributed by atoms with Crippen LogP contribution in [0.2, 0.25) is 0 Å². The zero-order valence-corrected chi connectivity index (χ0v) is 15.1. The third kappa shape index (κ3) is 5.73. The van der Waals surface area contributed by atoms with E-state index in [1.165, 1.54) is 0 Å². The zero-order chi connectivity index (χ0) is 18.2. The molecular weight excluding hydrogens is 311 g/mol. The maximum atomic E-state index is 12.4. The first-order valence-corrected chi connectivity index (χ1v) is 8.80. The monoisotopic (exact) mass is 338 g/mol. The van der Waals surface area contributed by atoms with Crippen LogP contribution in [-0.2, 0) is 9.45 Å². The molecule has 0 heterocycles. The molecule has 1 unspecified atom stereocenters. The molecule has 0 bridgehead atoms. The highest BCUT2D eigenvalue weighted by atomic mass is 16.5. The summed E-state index contributed by atoms with van der Waals surface area (Å²) < 4.78 is 5.80. The number of aryl methyl sites for hydroxylation is 2. The molecule has 0 aliphatic carbocycles. The van der Waals surface area contributed by atoms with E-state index >= 15 is 0 Å². The fourth-order valence-electron chi connectivity index (χ4n) is 2.64. The second-order valence-electron chi connectivity index (χ2n) is 6.53. The highest BCUT2D eigenvalue weighted by molar-refractivity contribution is 6.81. The van der Waals surface area contributed by atoms with Crippen molar-refractivity contribution in [2.45, 2.75) is 39.2 Å². The molecule has 0 aliphatic rings. The molecule has 25 heavy (non-hydrogen) atoms. The van der Waals surface area contributed by atoms with Gasteiger partial charge >= 0.3 is 12.9 Å². The summed E-state index contributed by atoms with van der Waals surface area (Å²) in [5.74, 6) is -0.372. The van der Waals surface area contributed by atoms with E-state index in [0.717, 1.165) is 34.9 Å². The Morgan fingerprint density at radius 3 is 1.88 bits per heavy atom. The number of benzene rings is 2. The molecular formula is C20H27BN2O2. The second-order valence-corrected chi connectivity index (χ2v) is 6.53. The molecule has 5 heteroatoms. The van der Waals surface area contributed by atoms with Gasteiger partial charge in [0.2, 0.25) is 0 Å². The average molecular weight is 338 g/mol. The first-order chi connectivity index (χ1) is 12.0. The van der Waals surface area contributed by atoms with Crippen LogP contribution < -0.4 is 22.4 Å². The van der Waals surface area contributed by atoms with Crippen LogP contribution in [0.1, 0.15) is 30.4 Å². The average Bonchev–Trinajstić information content (AvgIpc) is 2.61. The summed E-state index contributed by atoms with van der Waals surface area (Å²) in [6.07, 6.45) is 2.28. The van der Waals surface area contributed by atoms with E-state index in [9.17, 15) is 4.79 Å². The summed E-state index contributed by atoms with van der Waals surface area (Å²) in [5.41, 5.74) is 15.7. The van der Waals surface area contributed by atoms with Gasteiger partial charge in [-0.1, -0.05) is 66.1 Å². The van der Waals surface area contributed by atoms with Crippen molar-refractivity contribution in [2.24, 2.45) is 11.5 Å². The lowest BCUT2D eigenvalue weighted by atomic mass is 9.55. The van der Waals surface area contributed by atoms with E-state index in [-0.39, 0.29) is 5.97 Å². The van der Waals surface area contributed by atoms with Gasteiger partial charge < -0.3 is 16.1 Å². The van der Waals surface area contributed by atoms with Crippen molar-refractivity contribution < 1.29 is 9.45 Å². The molecule has 0 fully saturated rings. The van der Waals surface area contributed by atoms with Gasteiger partial charge in [0, 0.05) is 0 Å². The number of carbonyl (C=O) groups excluding carboxylic acids is 1. The third-order valence-corrected chi connectivity index (χ3v) is 4.27. The van der Waals surface area contributed by atoms with Gasteiger partial charge in [0.1, 0.15) is 6.04 Å². The topological polar surface area (TPSA) is 78.3 Å². The SMILES string of the molecule is Cc1ccc(B(OC(=O)C(N)CCCCN)c2ccc(C)cc2)cc1. The van der Waals surface area contributed by atoms with Crippen LogP contribution in [0.4, 0.5) is 0 Å². The van der Waals surface area contributed by atoms with Gasteiger partial charge in [0.25, 0.3) is 0 Å². The predicted octanol–water partition coefficient (Wildman–Crippen LogP) is 1.41. The number of rotatable bonds is 8. The molecule has 0 amide bonds. The molecule has 0 aliphatic heterocycles. The standard InChI is InChI=1S/C20H27BN2O2/c1-15-6-10-17(11-7-15)21(18-12-8-16(2)9-13-18)25-20(24)19(23)5-3-4-14-22/h6-13,19H,3-5,14,22-23H2,1-2H3. The quantitative estimate of drug-likeness (QED) is 0.563. The van der Waals surface area contributed by atoms with E-state index in [1.807, 2.05) is 62.4 Å². The Bertz CT molecular complexity index is 626. The fraction of sp³-hybridized carbons (Fsp3) is 0.350. The van der Waals surface area contributed by atoms with E-state index in [0.29, 0.717) is 13.0 Å². The molecule has 2 rings (SSSR count). The molecule has 4 N–H and O–H groups in total. The maximum absolute atomic E-state index is 12.4. The Kier molecular flexibility index (Phi) is 7.23. The molecule has 0 radical (unpaired) electrons. The molecule has 0 saturated carbocycles. The van der Waals surface area contributed by atoms with E-state index < -0.39 is 13.0 Å². The van der Waals surface area contributed by atoms with Crippen molar-refractivity contribution in [1.29, 1.82) is 0 Å². The molecule has 1 atom stereocenters. The Labute approximate surface area is 150 Å². The van der Waals surface area contributed by atoms with E-state index in [1.54, 1.807) is 0 Å². The highest BCUT2D eigenvalue weighted by Gasteiger charge is 2.28. The first kappa shape index (κ1) is 19.2. The van der Waals surface area contributed by atoms with Crippen LogP contribution in [0.5, 0.6) is 0 Å². The van der Waals surface area contributed by atoms with Crippen LogP contribution in [0.15, 0.2) is 48.5 Å². The molecule has 4 nitrogen and oxygen atoms in total. The largest absolute Gasteiger partial charge is 0.525 e. The second kappa shape index (κ2) is 9.40. The molecule has 0 spiro atoms. The van der Waals surface area contributed by atoms with E-state index in [4.69, 9.17) is 16.1 Å². The van der Waals surface area contributed by atoms with Gasteiger partial charge in [-0.2, -0.15) is 0 Å². The number of hydrogen-bond acceptors (Lipinski definition) is 4. The lowest BCUT2D eigenvalue weighted by Gasteiger charge is -2.19. The van der Waals surface area contributed by atoms with Gasteiger partial charge in [-0.15, -0.1) is 0 Å². The van der Waals surface area contributed by atoms with E-state index in [2.05, 4.69) is 0 Å². The van der Waals surface area contributed by atoms with Crippen LogP contribution in [-0.4, -0.2) is 25.5 Å². The Hall–Kier alpha value is -2.11. The van der Waals surface area contributed by atoms with Crippen LogP contribution in [0, 0.1) is 13.8 Å². The first-order valence-electron chi connectivity index (χ1n) is 8.80. The third-order valence-electron chi connectivity index (χ3n) is 4.27. The van der Waals surface area contributed by atoms with Gasteiger partial charge in [0.15, 0.2) is 0 Å². The van der Waals surface area contributed by atoms with Crippen molar-refractivity contribution in [2.75, 3.05) is 6.54 Å². The lowest BCUT2D eigenvalue weighted by Crippen LogP contribution is -2.49. The normalized spacial score (nSPS) is 11.8.